The van der Waals surface area contributed by atoms with E-state index in [0.717, 1.165) is 0 Å². The second-order valence-corrected chi connectivity index (χ2v) is 4.58. The Bertz CT molecular complexity index is 191. The van der Waals surface area contributed by atoms with Crippen LogP contribution in [0.15, 0.2) is 0 Å². The molecule has 4 heteroatoms. The van der Waals surface area contributed by atoms with E-state index >= 15 is 0 Å². The standard InChI is InChI=1S/C9H18FNO2/c1-8(2,3)13-7(12)6(11)9(4,5)10/h6H,11H2,1-5H3. The van der Waals surface area contributed by atoms with Crippen molar-refractivity contribution in [1.82, 2.24) is 0 Å². The lowest BCUT2D eigenvalue weighted by atomic mass is 10.0. The number of carbonyl (C=O) groups is 1. The van der Waals surface area contributed by atoms with Gasteiger partial charge in [-0.25, -0.2) is 4.39 Å². The molecule has 0 bridgehead atoms. The van der Waals surface area contributed by atoms with E-state index in [1.54, 1.807) is 20.8 Å². The molecule has 0 heterocycles. The van der Waals surface area contributed by atoms with Gasteiger partial charge in [-0.3, -0.25) is 4.79 Å². The smallest absolute Gasteiger partial charge is 0.326 e. The van der Waals surface area contributed by atoms with Crippen LogP contribution in [0, 0.1) is 0 Å². The summed E-state index contributed by atoms with van der Waals surface area (Å²) in [6.45, 7) is 7.64. The van der Waals surface area contributed by atoms with Gasteiger partial charge in [-0.2, -0.15) is 0 Å². The number of nitrogens with two attached hydrogens (primary N) is 1. The molecule has 0 spiro atoms. The molecular weight excluding hydrogens is 173 g/mol. The Hall–Kier alpha value is -0.640. The van der Waals surface area contributed by atoms with Crippen molar-refractivity contribution in [3.63, 3.8) is 0 Å². The topological polar surface area (TPSA) is 52.3 Å². The highest BCUT2D eigenvalue weighted by molar-refractivity contribution is 5.77. The maximum Gasteiger partial charge on any atom is 0.326 e. The van der Waals surface area contributed by atoms with E-state index in [-0.39, 0.29) is 0 Å². The van der Waals surface area contributed by atoms with Crippen molar-refractivity contribution >= 4 is 5.97 Å². The molecule has 0 aliphatic heterocycles. The number of halogens is 1. The molecule has 2 N–H and O–H groups in total. The highest BCUT2D eigenvalue weighted by Gasteiger charge is 2.34. The van der Waals surface area contributed by atoms with Crippen molar-refractivity contribution in [2.45, 2.75) is 51.9 Å². The van der Waals surface area contributed by atoms with Crippen LogP contribution in [0.5, 0.6) is 0 Å². The van der Waals surface area contributed by atoms with Crippen LogP contribution in [0.25, 0.3) is 0 Å². The van der Waals surface area contributed by atoms with Gasteiger partial charge in [0.2, 0.25) is 0 Å². The second kappa shape index (κ2) is 3.62. The average Bonchev–Trinajstić information content (AvgIpc) is 1.79. The fourth-order valence-corrected chi connectivity index (χ4v) is 0.646. The molecule has 0 aliphatic rings. The van der Waals surface area contributed by atoms with E-state index in [4.69, 9.17) is 10.5 Å². The van der Waals surface area contributed by atoms with Crippen LogP contribution in [0.2, 0.25) is 0 Å². The van der Waals surface area contributed by atoms with Crippen molar-refractivity contribution in [3.8, 4) is 0 Å². The molecule has 0 aromatic heterocycles. The van der Waals surface area contributed by atoms with E-state index in [1.165, 1.54) is 13.8 Å². The monoisotopic (exact) mass is 191 g/mol. The van der Waals surface area contributed by atoms with Gasteiger partial charge in [0.25, 0.3) is 0 Å². The largest absolute Gasteiger partial charge is 0.459 e. The summed E-state index contributed by atoms with van der Waals surface area (Å²) in [6.07, 6.45) is 0. The lowest BCUT2D eigenvalue weighted by Gasteiger charge is -2.26. The van der Waals surface area contributed by atoms with E-state index in [2.05, 4.69) is 0 Å². The molecule has 0 amide bonds. The van der Waals surface area contributed by atoms with Crippen LogP contribution < -0.4 is 5.73 Å². The predicted octanol–water partition coefficient (Wildman–Crippen LogP) is 1.40. The highest BCUT2D eigenvalue weighted by Crippen LogP contribution is 2.16. The molecule has 0 aromatic carbocycles. The number of alkyl halides is 1. The summed E-state index contributed by atoms with van der Waals surface area (Å²) in [5.74, 6) is -0.708. The molecule has 13 heavy (non-hydrogen) atoms. The van der Waals surface area contributed by atoms with Gasteiger partial charge < -0.3 is 10.5 Å². The Labute approximate surface area is 78.4 Å². The Balaban J connectivity index is 4.30. The van der Waals surface area contributed by atoms with Crippen LogP contribution in [0.3, 0.4) is 0 Å². The highest BCUT2D eigenvalue weighted by atomic mass is 19.1. The van der Waals surface area contributed by atoms with E-state index in [9.17, 15) is 9.18 Å². The maximum atomic E-state index is 13.2. The molecule has 1 unspecified atom stereocenters. The summed E-state index contributed by atoms with van der Waals surface area (Å²) >= 11 is 0. The summed E-state index contributed by atoms with van der Waals surface area (Å²) in [6, 6.07) is -1.23. The Morgan fingerprint density at radius 2 is 1.69 bits per heavy atom. The van der Waals surface area contributed by atoms with E-state index in [1.807, 2.05) is 0 Å². The number of hydrogen-bond acceptors (Lipinski definition) is 3. The molecule has 0 radical (unpaired) electrons. The Morgan fingerprint density at radius 3 is 1.92 bits per heavy atom. The SMILES string of the molecule is CC(C)(C)OC(=O)C(N)C(C)(C)F. The fraction of sp³-hybridized carbons (Fsp3) is 0.889. The minimum Gasteiger partial charge on any atom is -0.459 e. The molecule has 0 rings (SSSR count). The third kappa shape index (κ3) is 4.83. The van der Waals surface area contributed by atoms with Gasteiger partial charge >= 0.3 is 5.97 Å². The zero-order chi connectivity index (χ0) is 10.9. The first-order chi connectivity index (χ1) is 5.54. The zero-order valence-electron chi connectivity index (χ0n) is 8.85. The van der Waals surface area contributed by atoms with Crippen LogP contribution >= 0.6 is 0 Å². The van der Waals surface area contributed by atoms with Crippen LogP contribution in [-0.2, 0) is 9.53 Å². The molecule has 0 aromatic rings. The quantitative estimate of drug-likeness (QED) is 0.671. The minimum atomic E-state index is -1.75. The number of ether oxygens (including phenoxy) is 1. The summed E-state index contributed by atoms with van der Waals surface area (Å²) in [5.41, 5.74) is 2.98. The molecule has 0 aliphatic carbocycles. The van der Waals surface area contributed by atoms with Gasteiger partial charge in [0.1, 0.15) is 17.3 Å². The lowest BCUT2D eigenvalue weighted by molar-refractivity contribution is -0.159. The summed E-state index contributed by atoms with van der Waals surface area (Å²) < 4.78 is 18.1. The molecule has 0 saturated heterocycles. The van der Waals surface area contributed by atoms with Crippen molar-refractivity contribution in [2.75, 3.05) is 0 Å². The van der Waals surface area contributed by atoms with Crippen molar-refractivity contribution in [1.29, 1.82) is 0 Å². The van der Waals surface area contributed by atoms with Crippen LogP contribution in [-0.4, -0.2) is 23.3 Å². The van der Waals surface area contributed by atoms with Gasteiger partial charge in [0.15, 0.2) is 0 Å². The maximum absolute atomic E-state index is 13.2. The number of rotatable bonds is 2. The van der Waals surface area contributed by atoms with Gasteiger partial charge in [-0.05, 0) is 34.6 Å². The molecule has 3 nitrogen and oxygen atoms in total. The zero-order valence-corrected chi connectivity index (χ0v) is 8.85. The minimum absolute atomic E-state index is 0.625. The predicted molar refractivity (Wildman–Crippen MR) is 49.0 cm³/mol. The van der Waals surface area contributed by atoms with Gasteiger partial charge in [0, 0.05) is 0 Å². The summed E-state index contributed by atoms with van der Waals surface area (Å²) in [5, 5.41) is 0. The first-order valence-corrected chi connectivity index (χ1v) is 4.21. The van der Waals surface area contributed by atoms with Gasteiger partial charge in [-0.15, -0.1) is 0 Å². The normalized spacial score (nSPS) is 15.3. The number of carbonyl (C=O) groups excluding carboxylic acids is 1. The van der Waals surface area contributed by atoms with E-state index < -0.39 is 23.3 Å². The molecule has 1 atom stereocenters. The summed E-state index contributed by atoms with van der Waals surface area (Å²) in [4.78, 5) is 11.2. The Morgan fingerprint density at radius 1 is 1.31 bits per heavy atom. The first-order valence-electron chi connectivity index (χ1n) is 4.21. The van der Waals surface area contributed by atoms with Crippen molar-refractivity contribution in [2.24, 2.45) is 5.73 Å². The third-order valence-corrected chi connectivity index (χ3v) is 1.40. The van der Waals surface area contributed by atoms with Crippen molar-refractivity contribution < 1.29 is 13.9 Å². The number of esters is 1. The van der Waals surface area contributed by atoms with Gasteiger partial charge in [0.05, 0.1) is 0 Å². The average molecular weight is 191 g/mol. The summed E-state index contributed by atoms with van der Waals surface area (Å²) in [7, 11) is 0. The molecule has 0 fully saturated rings. The third-order valence-electron chi connectivity index (χ3n) is 1.40. The van der Waals surface area contributed by atoms with Crippen LogP contribution in [0.1, 0.15) is 34.6 Å². The lowest BCUT2D eigenvalue weighted by Crippen LogP contribution is -2.48. The van der Waals surface area contributed by atoms with Crippen molar-refractivity contribution in [3.05, 3.63) is 0 Å². The number of hydrogen-bond donors (Lipinski definition) is 1. The molecule has 78 valence electrons. The second-order valence-electron chi connectivity index (χ2n) is 4.58. The Kier molecular flexibility index (Phi) is 3.44. The van der Waals surface area contributed by atoms with Gasteiger partial charge in [-0.1, -0.05) is 0 Å². The molecular formula is C9H18FNO2. The van der Waals surface area contributed by atoms with Crippen LogP contribution in [0.4, 0.5) is 4.39 Å². The fourth-order valence-electron chi connectivity index (χ4n) is 0.646. The van der Waals surface area contributed by atoms with E-state index in [0.29, 0.717) is 0 Å². The molecule has 0 saturated carbocycles. The first kappa shape index (κ1) is 12.4.